The number of rotatable bonds is 8. The van der Waals surface area contributed by atoms with E-state index in [1.807, 2.05) is 48.5 Å². The number of hydrogen-bond donors (Lipinski definition) is 2. The number of aryl methyl sites for hydroxylation is 2. The van der Waals surface area contributed by atoms with E-state index < -0.39 is 0 Å². The van der Waals surface area contributed by atoms with Gasteiger partial charge < -0.3 is 10.2 Å². The van der Waals surface area contributed by atoms with Crippen molar-refractivity contribution >= 4 is 34.6 Å². The fourth-order valence-electron chi connectivity index (χ4n) is 4.77. The molecule has 0 aliphatic carbocycles. The van der Waals surface area contributed by atoms with Gasteiger partial charge in [0.1, 0.15) is 11.5 Å². The number of aromatic hydroxyl groups is 2. The van der Waals surface area contributed by atoms with Crippen molar-refractivity contribution < 1.29 is 10.2 Å². The van der Waals surface area contributed by atoms with Crippen molar-refractivity contribution in [3.63, 3.8) is 0 Å². The fourth-order valence-corrected chi connectivity index (χ4v) is 4.77. The van der Waals surface area contributed by atoms with Crippen molar-refractivity contribution in [2.75, 3.05) is 0 Å². The Morgan fingerprint density at radius 3 is 1.45 bits per heavy atom. The van der Waals surface area contributed by atoms with Crippen LogP contribution in [0.2, 0.25) is 0 Å². The van der Waals surface area contributed by atoms with Gasteiger partial charge in [0.05, 0.1) is 11.4 Å². The van der Waals surface area contributed by atoms with Crippen molar-refractivity contribution in [1.82, 2.24) is 0 Å². The Labute approximate surface area is 226 Å². The molecule has 196 valence electrons. The second kappa shape index (κ2) is 11.6. The Balaban J connectivity index is 1.80. The largest absolute Gasteiger partial charge is 0.507 e. The first-order valence-electron chi connectivity index (χ1n) is 13.5. The highest BCUT2D eigenvalue weighted by Gasteiger charge is 2.13. The molecular formula is C34H38N2O2. The third-order valence-electron chi connectivity index (χ3n) is 7.06. The van der Waals surface area contributed by atoms with Gasteiger partial charge in [-0.3, -0.25) is 9.98 Å². The van der Waals surface area contributed by atoms with Gasteiger partial charge in [-0.2, -0.15) is 0 Å². The molecule has 4 aromatic carbocycles. The summed E-state index contributed by atoms with van der Waals surface area (Å²) in [7, 11) is 0. The maximum Gasteiger partial charge on any atom is 0.127 e. The smallest absolute Gasteiger partial charge is 0.127 e. The molecule has 0 saturated carbocycles. The summed E-state index contributed by atoms with van der Waals surface area (Å²) in [5.74, 6) is 0.996. The third-order valence-corrected chi connectivity index (χ3v) is 7.06. The van der Waals surface area contributed by atoms with E-state index in [-0.39, 0.29) is 23.3 Å². The highest BCUT2D eigenvalue weighted by Crippen LogP contribution is 2.36. The van der Waals surface area contributed by atoms with Gasteiger partial charge in [0.15, 0.2) is 0 Å². The van der Waals surface area contributed by atoms with Crippen LogP contribution in [0.1, 0.15) is 86.8 Å². The fraction of sp³-hybridized carbons (Fsp3) is 0.294. The van der Waals surface area contributed by atoms with Crippen LogP contribution >= 0.6 is 0 Å². The first kappa shape index (κ1) is 27.1. The van der Waals surface area contributed by atoms with Crippen LogP contribution in [0.4, 0.5) is 11.4 Å². The van der Waals surface area contributed by atoms with E-state index in [2.05, 4.69) is 53.7 Å². The van der Waals surface area contributed by atoms with E-state index in [1.54, 1.807) is 12.4 Å². The third kappa shape index (κ3) is 5.65. The zero-order valence-electron chi connectivity index (χ0n) is 23.3. The Morgan fingerprint density at radius 2 is 1.08 bits per heavy atom. The number of benzene rings is 4. The summed E-state index contributed by atoms with van der Waals surface area (Å²) in [6.45, 7) is 12.6. The first-order valence-corrected chi connectivity index (χ1v) is 13.5. The number of nitrogens with zero attached hydrogens (tertiary/aromatic N) is 2. The van der Waals surface area contributed by atoms with E-state index in [0.717, 1.165) is 46.1 Å². The van der Waals surface area contributed by atoms with Crippen molar-refractivity contribution in [2.24, 2.45) is 9.98 Å². The lowest BCUT2D eigenvalue weighted by atomic mass is 9.95. The molecule has 0 aliphatic rings. The topological polar surface area (TPSA) is 65.2 Å². The standard InChI is InChI=1S/C34H38N2O2/c1-7-23-15-26(33(37)28(17-23)21(3)4)19-35-30-13-9-11-25-12-10-14-31(32(25)30)36-20-27-16-24(8-2)18-29(22(5)6)34(27)38/h9-22,37-38H,7-8H2,1-6H3. The molecule has 4 heteroatoms. The lowest BCUT2D eigenvalue weighted by Gasteiger charge is -2.13. The van der Waals surface area contributed by atoms with Gasteiger partial charge in [-0.05, 0) is 76.6 Å². The lowest BCUT2D eigenvalue weighted by Crippen LogP contribution is -1.96. The number of aliphatic imine (C=N–C) groups is 2. The molecule has 0 atom stereocenters. The molecule has 0 radical (unpaired) electrons. The van der Waals surface area contributed by atoms with Gasteiger partial charge in [-0.25, -0.2) is 0 Å². The van der Waals surface area contributed by atoms with Crippen molar-refractivity contribution in [3.05, 3.63) is 94.0 Å². The van der Waals surface area contributed by atoms with Crippen LogP contribution in [-0.4, -0.2) is 22.6 Å². The number of phenols is 2. The molecule has 38 heavy (non-hydrogen) atoms. The van der Waals surface area contributed by atoms with Crippen LogP contribution in [0.25, 0.3) is 10.8 Å². The SMILES string of the molecule is CCc1cc(C=Nc2cccc3cccc(N=Cc4cc(CC)cc(C(C)C)c4O)c23)c(O)c(C(C)C)c1. The molecule has 0 heterocycles. The van der Waals surface area contributed by atoms with E-state index >= 15 is 0 Å². The minimum atomic E-state index is 0.214. The average Bonchev–Trinajstić information content (AvgIpc) is 2.91. The van der Waals surface area contributed by atoms with Gasteiger partial charge in [0, 0.05) is 28.9 Å². The summed E-state index contributed by atoms with van der Waals surface area (Å²) in [5.41, 5.74) is 7.20. The number of phenolic OH excluding ortho intramolecular Hbond substituents is 2. The Bertz CT molecular complexity index is 1400. The molecule has 0 fully saturated rings. The summed E-state index contributed by atoms with van der Waals surface area (Å²) >= 11 is 0. The van der Waals surface area contributed by atoms with Gasteiger partial charge in [-0.1, -0.05) is 77.9 Å². The molecule has 2 N–H and O–H groups in total. The van der Waals surface area contributed by atoms with Crippen LogP contribution in [0, 0.1) is 0 Å². The van der Waals surface area contributed by atoms with Crippen LogP contribution in [-0.2, 0) is 12.8 Å². The number of hydrogen-bond acceptors (Lipinski definition) is 4. The Morgan fingerprint density at radius 1 is 0.658 bits per heavy atom. The zero-order valence-corrected chi connectivity index (χ0v) is 23.3. The molecule has 0 saturated heterocycles. The number of fused-ring (bicyclic) bond motifs is 1. The molecule has 4 rings (SSSR count). The van der Waals surface area contributed by atoms with Gasteiger partial charge in [-0.15, -0.1) is 0 Å². The maximum absolute atomic E-state index is 10.9. The monoisotopic (exact) mass is 506 g/mol. The molecule has 0 aromatic heterocycles. The molecule has 4 nitrogen and oxygen atoms in total. The predicted octanol–water partition coefficient (Wildman–Crippen LogP) is 9.12. The van der Waals surface area contributed by atoms with Crippen molar-refractivity contribution in [1.29, 1.82) is 0 Å². The highest BCUT2D eigenvalue weighted by atomic mass is 16.3. The van der Waals surface area contributed by atoms with Crippen LogP contribution in [0.5, 0.6) is 11.5 Å². The van der Waals surface area contributed by atoms with E-state index in [4.69, 9.17) is 9.98 Å². The summed E-state index contributed by atoms with van der Waals surface area (Å²) < 4.78 is 0. The molecule has 0 amide bonds. The normalized spacial score (nSPS) is 12.1. The van der Waals surface area contributed by atoms with E-state index in [1.165, 1.54) is 11.1 Å². The molecule has 4 aromatic rings. The summed E-state index contributed by atoms with van der Waals surface area (Å²) in [6.07, 6.45) is 5.28. The zero-order chi connectivity index (χ0) is 27.4. The summed E-state index contributed by atoms with van der Waals surface area (Å²) in [4.78, 5) is 9.66. The van der Waals surface area contributed by atoms with Crippen molar-refractivity contribution in [2.45, 2.75) is 66.2 Å². The Hall–Kier alpha value is -3.92. The van der Waals surface area contributed by atoms with Gasteiger partial charge in [0.2, 0.25) is 0 Å². The van der Waals surface area contributed by atoms with Gasteiger partial charge >= 0.3 is 0 Å². The van der Waals surface area contributed by atoms with Crippen LogP contribution < -0.4 is 0 Å². The highest BCUT2D eigenvalue weighted by molar-refractivity contribution is 6.04. The molecule has 0 spiro atoms. The molecule has 0 aliphatic heterocycles. The molecule has 0 bridgehead atoms. The lowest BCUT2D eigenvalue weighted by molar-refractivity contribution is 0.463. The minimum absolute atomic E-state index is 0.214. The van der Waals surface area contributed by atoms with Crippen LogP contribution in [0.3, 0.4) is 0 Å². The second-order valence-corrected chi connectivity index (χ2v) is 10.4. The maximum atomic E-state index is 10.9. The molecule has 0 unspecified atom stereocenters. The Kier molecular flexibility index (Phi) is 8.31. The van der Waals surface area contributed by atoms with E-state index in [0.29, 0.717) is 11.1 Å². The summed E-state index contributed by atoms with van der Waals surface area (Å²) in [6, 6.07) is 20.2. The quantitative estimate of drug-likeness (QED) is 0.234. The van der Waals surface area contributed by atoms with Gasteiger partial charge in [0.25, 0.3) is 0 Å². The van der Waals surface area contributed by atoms with E-state index in [9.17, 15) is 10.2 Å². The van der Waals surface area contributed by atoms with Crippen molar-refractivity contribution in [3.8, 4) is 11.5 Å². The first-order chi connectivity index (χ1) is 18.2. The van der Waals surface area contributed by atoms with Crippen LogP contribution in [0.15, 0.2) is 70.6 Å². The summed E-state index contributed by atoms with van der Waals surface area (Å²) in [5, 5.41) is 23.8. The average molecular weight is 507 g/mol. The second-order valence-electron chi connectivity index (χ2n) is 10.4. The molecular weight excluding hydrogens is 468 g/mol. The minimum Gasteiger partial charge on any atom is -0.507 e. The predicted molar refractivity (Wildman–Crippen MR) is 162 cm³/mol.